The second-order valence-electron chi connectivity index (χ2n) is 7.04. The minimum absolute atomic E-state index is 0.0783. The number of piperidine rings is 1. The normalized spacial score (nSPS) is 16.1. The summed E-state index contributed by atoms with van der Waals surface area (Å²) in [7, 11) is 0. The summed E-state index contributed by atoms with van der Waals surface area (Å²) < 4.78 is 6.35. The molecule has 1 aromatic heterocycles. The Balaban J connectivity index is 1.76. The minimum atomic E-state index is -0.434. The quantitative estimate of drug-likeness (QED) is 0.660. The van der Waals surface area contributed by atoms with E-state index in [9.17, 15) is 9.90 Å². The van der Waals surface area contributed by atoms with E-state index in [2.05, 4.69) is 38.2 Å². The molecule has 1 aliphatic heterocycles. The molecule has 0 bridgehead atoms. The Morgan fingerprint density at radius 1 is 1.18 bits per heavy atom. The maximum absolute atomic E-state index is 11.8. The zero-order valence-corrected chi connectivity index (χ0v) is 17.0. The number of likely N-dealkylation sites (tertiary alicyclic amines) is 1. The molecule has 2 aromatic carbocycles. The second kappa shape index (κ2) is 7.39. The summed E-state index contributed by atoms with van der Waals surface area (Å²) in [6.07, 6.45) is 1.42. The molecule has 0 saturated carbocycles. The van der Waals surface area contributed by atoms with Crippen LogP contribution in [0.3, 0.4) is 0 Å². The summed E-state index contributed by atoms with van der Waals surface area (Å²) in [5, 5.41) is 14.5. The molecule has 1 amide bonds. The molecule has 1 aliphatic rings. The van der Waals surface area contributed by atoms with Gasteiger partial charge in [0.1, 0.15) is 5.75 Å². The highest BCUT2D eigenvalue weighted by Gasteiger charge is 2.42. The molecule has 6 nitrogen and oxygen atoms in total. The van der Waals surface area contributed by atoms with E-state index < -0.39 is 5.41 Å². The van der Waals surface area contributed by atoms with Crippen LogP contribution in [-0.4, -0.2) is 39.1 Å². The maximum atomic E-state index is 11.8. The molecule has 7 heteroatoms. The number of aromatic hydroxyl groups is 1. The van der Waals surface area contributed by atoms with Crippen molar-refractivity contribution in [1.82, 2.24) is 15.0 Å². The number of phenols is 1. The first kappa shape index (κ1) is 18.7. The Kier molecular flexibility index (Phi) is 4.93. The third-order valence-corrected chi connectivity index (χ3v) is 5.93. The molecule has 4 rings (SSSR count). The van der Waals surface area contributed by atoms with E-state index in [-0.39, 0.29) is 17.5 Å². The van der Waals surface area contributed by atoms with Gasteiger partial charge >= 0.3 is 0 Å². The van der Waals surface area contributed by atoms with Crippen molar-refractivity contribution in [2.45, 2.75) is 25.2 Å². The first-order valence-electron chi connectivity index (χ1n) is 9.14. The number of benzene rings is 2. The summed E-state index contributed by atoms with van der Waals surface area (Å²) in [6.45, 7) is 2.87. The van der Waals surface area contributed by atoms with Crippen LogP contribution in [0.5, 0.6) is 5.75 Å². The summed E-state index contributed by atoms with van der Waals surface area (Å²) in [6, 6.07) is 15.2. The molecule has 1 fully saturated rings. The summed E-state index contributed by atoms with van der Waals surface area (Å²) in [4.78, 5) is 18.3. The van der Waals surface area contributed by atoms with Gasteiger partial charge in [-0.2, -0.15) is 4.98 Å². The lowest BCUT2D eigenvalue weighted by Gasteiger charge is -2.39. The summed E-state index contributed by atoms with van der Waals surface area (Å²) in [5.74, 6) is 1.02. The van der Waals surface area contributed by atoms with Gasteiger partial charge in [0.2, 0.25) is 5.91 Å². The van der Waals surface area contributed by atoms with Gasteiger partial charge in [0, 0.05) is 24.5 Å². The number of carbonyl (C=O) groups is 1. The number of carbonyl (C=O) groups excluding carboxylic acids is 1. The van der Waals surface area contributed by atoms with Gasteiger partial charge in [0.25, 0.3) is 5.89 Å². The Morgan fingerprint density at radius 2 is 1.89 bits per heavy atom. The Labute approximate surface area is 171 Å². The Morgan fingerprint density at radius 3 is 2.57 bits per heavy atom. The van der Waals surface area contributed by atoms with E-state index in [4.69, 9.17) is 4.52 Å². The number of aromatic nitrogens is 2. The molecule has 0 atom stereocenters. The lowest BCUT2D eigenvalue weighted by molar-refractivity contribution is -0.130. The van der Waals surface area contributed by atoms with E-state index in [1.54, 1.807) is 25.1 Å². The van der Waals surface area contributed by atoms with Crippen molar-refractivity contribution < 1.29 is 14.4 Å². The van der Waals surface area contributed by atoms with Crippen molar-refractivity contribution in [1.29, 1.82) is 0 Å². The molecule has 1 N–H and O–H groups in total. The fourth-order valence-electron chi connectivity index (χ4n) is 3.81. The van der Waals surface area contributed by atoms with Crippen molar-refractivity contribution in [3.05, 3.63) is 64.4 Å². The number of nitrogens with zero attached hydrogens (tertiary/aromatic N) is 3. The van der Waals surface area contributed by atoms with Gasteiger partial charge in [-0.3, -0.25) is 4.79 Å². The zero-order valence-electron chi connectivity index (χ0n) is 15.4. The zero-order chi connectivity index (χ0) is 19.7. The predicted molar refractivity (Wildman–Crippen MR) is 108 cm³/mol. The molecular formula is C21H20BrN3O3. The first-order valence-corrected chi connectivity index (χ1v) is 9.93. The number of halogens is 1. The highest BCUT2D eigenvalue weighted by atomic mass is 79.9. The molecular weight excluding hydrogens is 422 g/mol. The van der Waals surface area contributed by atoms with Crippen LogP contribution in [0.15, 0.2) is 57.5 Å². The van der Waals surface area contributed by atoms with Crippen LogP contribution in [0, 0.1) is 0 Å². The molecule has 0 unspecified atom stereocenters. The maximum Gasteiger partial charge on any atom is 0.261 e. The van der Waals surface area contributed by atoms with Gasteiger partial charge in [0.15, 0.2) is 5.82 Å². The van der Waals surface area contributed by atoms with E-state index in [1.807, 2.05) is 23.1 Å². The molecule has 0 aliphatic carbocycles. The Hall–Kier alpha value is -2.67. The van der Waals surface area contributed by atoms with Crippen LogP contribution < -0.4 is 0 Å². The van der Waals surface area contributed by atoms with Crippen LogP contribution in [0.25, 0.3) is 11.5 Å². The second-order valence-corrected chi connectivity index (χ2v) is 7.95. The first-order chi connectivity index (χ1) is 13.5. The lowest BCUT2D eigenvalue weighted by Crippen LogP contribution is -2.45. The number of rotatable bonds is 3. The van der Waals surface area contributed by atoms with E-state index in [0.29, 0.717) is 37.3 Å². The molecule has 3 aromatic rings. The molecule has 0 radical (unpaired) electrons. The monoisotopic (exact) mass is 441 g/mol. The number of phenolic OH excluding ortho intramolecular Hbond substituents is 1. The summed E-state index contributed by atoms with van der Waals surface area (Å²) >= 11 is 3.41. The third kappa shape index (κ3) is 3.30. The molecule has 0 spiro atoms. The van der Waals surface area contributed by atoms with Gasteiger partial charge in [-0.05, 0) is 36.6 Å². The standard InChI is InChI=1S/C21H20BrN3O3/c1-14(26)25-11-9-21(10-12-25,15-5-3-2-4-6-15)20-23-19(28-24-20)17-13-16(22)7-8-18(17)27/h2-8,13,27H,9-12H2,1H3. The number of hydrogen-bond acceptors (Lipinski definition) is 5. The van der Waals surface area contributed by atoms with Crippen LogP contribution in [0.2, 0.25) is 0 Å². The summed E-state index contributed by atoms with van der Waals surface area (Å²) in [5.41, 5.74) is 1.15. The SMILES string of the molecule is CC(=O)N1CCC(c2ccccc2)(c2noc(-c3cc(Br)ccc3O)n2)CC1. The van der Waals surface area contributed by atoms with Crippen LogP contribution >= 0.6 is 15.9 Å². The van der Waals surface area contributed by atoms with Crippen LogP contribution in [0.1, 0.15) is 31.2 Å². The minimum Gasteiger partial charge on any atom is -0.507 e. The predicted octanol–water partition coefficient (Wildman–Crippen LogP) is 4.13. The highest BCUT2D eigenvalue weighted by molar-refractivity contribution is 9.10. The highest BCUT2D eigenvalue weighted by Crippen LogP contribution is 2.41. The van der Waals surface area contributed by atoms with Gasteiger partial charge in [-0.25, -0.2) is 0 Å². The van der Waals surface area contributed by atoms with Gasteiger partial charge < -0.3 is 14.5 Å². The molecule has 1 saturated heterocycles. The lowest BCUT2D eigenvalue weighted by atomic mass is 9.72. The smallest absolute Gasteiger partial charge is 0.261 e. The molecule has 2 heterocycles. The van der Waals surface area contributed by atoms with E-state index in [1.165, 1.54) is 0 Å². The fraction of sp³-hybridized carbons (Fsp3) is 0.286. The van der Waals surface area contributed by atoms with Gasteiger partial charge in [-0.15, -0.1) is 0 Å². The van der Waals surface area contributed by atoms with Crippen molar-refractivity contribution in [2.24, 2.45) is 0 Å². The largest absolute Gasteiger partial charge is 0.507 e. The fourth-order valence-corrected chi connectivity index (χ4v) is 4.17. The van der Waals surface area contributed by atoms with Gasteiger partial charge in [0.05, 0.1) is 11.0 Å². The van der Waals surface area contributed by atoms with Crippen LogP contribution in [0.4, 0.5) is 0 Å². The average Bonchev–Trinajstić information content (AvgIpc) is 3.21. The van der Waals surface area contributed by atoms with Crippen molar-refractivity contribution in [3.8, 4) is 17.2 Å². The van der Waals surface area contributed by atoms with Crippen molar-refractivity contribution >= 4 is 21.8 Å². The van der Waals surface area contributed by atoms with Crippen molar-refractivity contribution in [2.75, 3.05) is 13.1 Å². The molecule has 144 valence electrons. The Bertz CT molecular complexity index is 995. The van der Waals surface area contributed by atoms with E-state index >= 15 is 0 Å². The average molecular weight is 442 g/mol. The van der Waals surface area contributed by atoms with E-state index in [0.717, 1.165) is 10.0 Å². The number of amides is 1. The third-order valence-electron chi connectivity index (χ3n) is 5.43. The topological polar surface area (TPSA) is 79.5 Å². The van der Waals surface area contributed by atoms with Crippen LogP contribution in [-0.2, 0) is 10.2 Å². The van der Waals surface area contributed by atoms with Gasteiger partial charge in [-0.1, -0.05) is 51.4 Å². The van der Waals surface area contributed by atoms with Crippen molar-refractivity contribution in [3.63, 3.8) is 0 Å². The number of hydrogen-bond donors (Lipinski definition) is 1. The molecule has 28 heavy (non-hydrogen) atoms.